The number of hydrogen-bond acceptors (Lipinski definition) is 13. The zero-order valence-corrected chi connectivity index (χ0v) is 37.8. The van der Waals surface area contributed by atoms with E-state index in [0.717, 1.165) is 45.1 Å². The number of nitrogens with zero attached hydrogens (tertiary/aromatic N) is 5. The number of aromatic nitrogens is 1. The standard InChI is InChI=1S/C49H61N5O10/c1-51(2)42-15-7-38(8-16-42)34-53(36-40-11-19-44(57-5)20-12-40)48(55)63-29-25-59-23-27-61-46-31-47(33-50-32-46)62-28-24-60-26-30-64-49(56)54(37-41-13-21-45(58-6)22-14-41)35-39-9-17-43(18-10-39)52(3)4/h7-22,31-33H,23-30,34-37H2,1-6H3. The maximum atomic E-state index is 13.2. The SMILES string of the molecule is COc1ccc(CN(Cc2ccc(N(C)C)cc2)C(=O)OCCOCCOc2cncc(OCCOCCOC(=O)N(Cc3ccc(OC)cc3)Cc3ccc(N(C)C)cc3)c2)cc1. The monoisotopic (exact) mass is 879 g/mol. The van der Waals surface area contributed by atoms with Crippen LogP contribution in [0.15, 0.2) is 116 Å². The van der Waals surface area contributed by atoms with Crippen molar-refractivity contribution in [2.45, 2.75) is 26.2 Å². The van der Waals surface area contributed by atoms with Crippen LogP contribution < -0.4 is 28.7 Å². The van der Waals surface area contributed by atoms with Gasteiger partial charge < -0.3 is 47.7 Å². The molecule has 342 valence electrons. The van der Waals surface area contributed by atoms with Crippen LogP contribution in [0.5, 0.6) is 23.0 Å². The number of ether oxygens (including phenoxy) is 8. The predicted octanol–water partition coefficient (Wildman–Crippen LogP) is 7.70. The number of rotatable bonds is 26. The Labute approximate surface area is 376 Å². The highest BCUT2D eigenvalue weighted by atomic mass is 16.6. The molecule has 0 N–H and O–H groups in total. The summed E-state index contributed by atoms with van der Waals surface area (Å²) >= 11 is 0. The minimum atomic E-state index is -0.439. The van der Waals surface area contributed by atoms with Crippen molar-refractivity contribution in [3.05, 3.63) is 138 Å². The molecule has 4 aromatic carbocycles. The average Bonchev–Trinajstić information content (AvgIpc) is 3.31. The van der Waals surface area contributed by atoms with Gasteiger partial charge in [0.15, 0.2) is 0 Å². The molecule has 0 saturated carbocycles. The molecule has 0 atom stereocenters. The van der Waals surface area contributed by atoms with E-state index in [4.69, 9.17) is 37.9 Å². The summed E-state index contributed by atoms with van der Waals surface area (Å²) in [5, 5.41) is 0. The maximum Gasteiger partial charge on any atom is 0.410 e. The lowest BCUT2D eigenvalue weighted by molar-refractivity contribution is 0.0420. The Morgan fingerprint density at radius 1 is 0.438 bits per heavy atom. The third kappa shape index (κ3) is 16.5. The summed E-state index contributed by atoms with van der Waals surface area (Å²) in [7, 11) is 11.2. The van der Waals surface area contributed by atoms with Gasteiger partial charge in [0.05, 0.1) is 53.0 Å². The molecule has 1 aromatic heterocycles. The second-order valence-corrected chi connectivity index (χ2v) is 15.0. The third-order valence-corrected chi connectivity index (χ3v) is 9.82. The molecule has 2 amide bonds. The Morgan fingerprint density at radius 2 is 0.766 bits per heavy atom. The fraction of sp³-hybridized carbons (Fsp3) is 0.367. The second-order valence-electron chi connectivity index (χ2n) is 15.0. The van der Waals surface area contributed by atoms with Crippen molar-refractivity contribution in [3.63, 3.8) is 0 Å². The Balaban J connectivity index is 0.967. The smallest absolute Gasteiger partial charge is 0.410 e. The number of methoxy groups -OCH3 is 2. The fourth-order valence-corrected chi connectivity index (χ4v) is 6.27. The van der Waals surface area contributed by atoms with Crippen LogP contribution in [0, 0.1) is 0 Å². The molecule has 0 fully saturated rings. The molecule has 15 nitrogen and oxygen atoms in total. The average molecular weight is 880 g/mol. The number of hydrogen-bond donors (Lipinski definition) is 0. The highest BCUT2D eigenvalue weighted by molar-refractivity contribution is 5.68. The number of carbonyl (C=O) groups excluding carboxylic acids is 2. The zero-order chi connectivity index (χ0) is 45.5. The molecule has 5 rings (SSSR count). The van der Waals surface area contributed by atoms with Gasteiger partial charge in [-0.15, -0.1) is 0 Å². The number of pyridine rings is 1. The molecule has 0 radical (unpaired) electrons. The quantitative estimate of drug-likeness (QED) is 0.0503. The first kappa shape index (κ1) is 48.3. The van der Waals surface area contributed by atoms with Crippen molar-refractivity contribution in [2.24, 2.45) is 0 Å². The first-order chi connectivity index (χ1) is 31.1. The normalized spacial score (nSPS) is 10.7. The van der Waals surface area contributed by atoms with Crippen molar-refractivity contribution < 1.29 is 47.5 Å². The highest BCUT2D eigenvalue weighted by Gasteiger charge is 2.18. The molecule has 15 heteroatoms. The summed E-state index contributed by atoms with van der Waals surface area (Å²) in [5.41, 5.74) is 6.03. The molecule has 64 heavy (non-hydrogen) atoms. The van der Waals surface area contributed by atoms with Crippen LogP contribution in [0.2, 0.25) is 0 Å². The minimum absolute atomic E-state index is 0.0857. The summed E-state index contributed by atoms with van der Waals surface area (Å²) in [4.78, 5) is 38.0. The lowest BCUT2D eigenvalue weighted by atomic mass is 10.1. The molecule has 0 aliphatic carbocycles. The second kappa shape index (κ2) is 26.0. The molecule has 0 bridgehead atoms. The molecule has 0 aliphatic rings. The summed E-state index contributed by atoms with van der Waals surface area (Å²) in [6.07, 6.45) is 2.29. The maximum absolute atomic E-state index is 13.2. The number of carbonyl (C=O) groups is 2. The van der Waals surface area contributed by atoms with Crippen molar-refractivity contribution >= 4 is 23.6 Å². The zero-order valence-electron chi connectivity index (χ0n) is 37.8. The van der Waals surface area contributed by atoms with E-state index in [9.17, 15) is 9.59 Å². The van der Waals surface area contributed by atoms with Crippen LogP contribution in [0.1, 0.15) is 22.3 Å². The van der Waals surface area contributed by atoms with Crippen molar-refractivity contribution in [1.29, 1.82) is 0 Å². The topological polar surface area (TPSA) is 134 Å². The van der Waals surface area contributed by atoms with Crippen molar-refractivity contribution in [3.8, 4) is 23.0 Å². The van der Waals surface area contributed by atoms with Crippen LogP contribution in [0.4, 0.5) is 21.0 Å². The Morgan fingerprint density at radius 3 is 1.09 bits per heavy atom. The van der Waals surface area contributed by atoms with Crippen LogP contribution in [0.3, 0.4) is 0 Å². The largest absolute Gasteiger partial charge is 0.497 e. The van der Waals surface area contributed by atoms with Crippen LogP contribution in [-0.4, -0.2) is 122 Å². The van der Waals surface area contributed by atoms with Crippen LogP contribution >= 0.6 is 0 Å². The number of amides is 2. The lowest BCUT2D eigenvalue weighted by Gasteiger charge is -2.23. The third-order valence-electron chi connectivity index (χ3n) is 9.82. The van der Waals surface area contributed by atoms with E-state index in [1.54, 1.807) is 42.5 Å². The minimum Gasteiger partial charge on any atom is -0.497 e. The van der Waals surface area contributed by atoms with E-state index < -0.39 is 12.2 Å². The van der Waals surface area contributed by atoms with Crippen molar-refractivity contribution in [1.82, 2.24) is 14.8 Å². The first-order valence-electron chi connectivity index (χ1n) is 21.1. The van der Waals surface area contributed by atoms with Crippen LogP contribution in [-0.2, 0) is 45.1 Å². The van der Waals surface area contributed by atoms with Gasteiger partial charge in [-0.05, 0) is 70.8 Å². The number of benzene rings is 4. The molecular formula is C49H61N5O10. The van der Waals surface area contributed by atoms with E-state index in [0.29, 0.717) is 37.7 Å². The van der Waals surface area contributed by atoms with Gasteiger partial charge in [0, 0.05) is 71.8 Å². The summed E-state index contributed by atoms with van der Waals surface area (Å²) in [6, 6.07) is 33.1. The fourth-order valence-electron chi connectivity index (χ4n) is 6.27. The summed E-state index contributed by atoms with van der Waals surface area (Å²) in [5.74, 6) is 2.52. The van der Waals surface area contributed by atoms with Gasteiger partial charge in [0.25, 0.3) is 0 Å². The highest BCUT2D eigenvalue weighted by Crippen LogP contribution is 2.21. The summed E-state index contributed by atoms with van der Waals surface area (Å²) < 4.78 is 44.7. The van der Waals surface area contributed by atoms with E-state index >= 15 is 0 Å². The molecule has 1 heterocycles. The van der Waals surface area contributed by atoms with Gasteiger partial charge in [0.2, 0.25) is 0 Å². The Kier molecular flexibility index (Phi) is 19.7. The molecule has 0 saturated heterocycles. The van der Waals surface area contributed by atoms with Crippen LogP contribution in [0.25, 0.3) is 0 Å². The molecule has 5 aromatic rings. The predicted molar refractivity (Wildman–Crippen MR) is 246 cm³/mol. The molecule has 0 unspecified atom stereocenters. The Bertz CT molecular complexity index is 1970. The van der Waals surface area contributed by atoms with Gasteiger partial charge >= 0.3 is 12.2 Å². The summed E-state index contributed by atoms with van der Waals surface area (Å²) in [6.45, 7) is 3.16. The first-order valence-corrected chi connectivity index (χ1v) is 21.1. The van der Waals surface area contributed by atoms with Gasteiger partial charge in [-0.25, -0.2) is 9.59 Å². The number of anilines is 2. The van der Waals surface area contributed by atoms with E-state index in [1.165, 1.54) is 0 Å². The van der Waals surface area contributed by atoms with Gasteiger partial charge in [-0.1, -0.05) is 48.5 Å². The van der Waals surface area contributed by atoms with E-state index in [2.05, 4.69) is 4.98 Å². The van der Waals surface area contributed by atoms with Crippen molar-refractivity contribution in [2.75, 3.05) is 105 Å². The lowest BCUT2D eigenvalue weighted by Crippen LogP contribution is -2.31. The van der Waals surface area contributed by atoms with Gasteiger partial charge in [0.1, 0.15) is 49.4 Å². The molecular weight excluding hydrogens is 819 g/mol. The van der Waals surface area contributed by atoms with E-state index in [1.807, 2.05) is 135 Å². The molecule has 0 spiro atoms. The van der Waals surface area contributed by atoms with E-state index in [-0.39, 0.29) is 52.9 Å². The Hall–Kier alpha value is -6.71. The van der Waals surface area contributed by atoms with Gasteiger partial charge in [-0.3, -0.25) is 14.8 Å². The molecule has 0 aliphatic heterocycles. The van der Waals surface area contributed by atoms with Gasteiger partial charge in [-0.2, -0.15) is 0 Å².